The van der Waals surface area contributed by atoms with Crippen molar-refractivity contribution in [1.29, 1.82) is 0 Å². The molecule has 1 aliphatic carbocycles. The van der Waals surface area contributed by atoms with Crippen LogP contribution in [-0.4, -0.2) is 59.3 Å². The van der Waals surface area contributed by atoms with E-state index in [4.69, 9.17) is 0 Å². The number of aliphatic hydroxyl groups is 1. The van der Waals surface area contributed by atoms with Crippen molar-refractivity contribution >= 4 is 0 Å². The smallest absolute Gasteiger partial charge is 0.0555 e. The second-order valence-corrected chi connectivity index (χ2v) is 5.80. The van der Waals surface area contributed by atoms with Gasteiger partial charge in [0.05, 0.1) is 6.10 Å². The first-order valence-corrected chi connectivity index (χ1v) is 6.99. The third-order valence-electron chi connectivity index (χ3n) is 4.76. The van der Waals surface area contributed by atoms with Gasteiger partial charge in [-0.1, -0.05) is 6.42 Å². The molecular formula is C13H24N2O. The Morgan fingerprint density at radius 1 is 0.812 bits per heavy atom. The van der Waals surface area contributed by atoms with Crippen LogP contribution in [-0.2, 0) is 0 Å². The first-order valence-electron chi connectivity index (χ1n) is 6.99. The SMILES string of the molecule is OC1CCC(N2CCN3CCCCC3C2)C1. The van der Waals surface area contributed by atoms with E-state index in [2.05, 4.69) is 9.80 Å². The highest BCUT2D eigenvalue weighted by atomic mass is 16.3. The molecule has 3 rings (SSSR count). The van der Waals surface area contributed by atoms with Crippen molar-refractivity contribution in [3.63, 3.8) is 0 Å². The Bertz CT molecular complexity index is 246. The summed E-state index contributed by atoms with van der Waals surface area (Å²) in [5.74, 6) is 0. The molecule has 1 N–H and O–H groups in total. The number of piperidine rings is 1. The first-order chi connectivity index (χ1) is 7.83. The third-order valence-corrected chi connectivity index (χ3v) is 4.76. The van der Waals surface area contributed by atoms with Crippen LogP contribution >= 0.6 is 0 Å². The average molecular weight is 224 g/mol. The van der Waals surface area contributed by atoms with Crippen molar-refractivity contribution < 1.29 is 5.11 Å². The first kappa shape index (κ1) is 11.0. The van der Waals surface area contributed by atoms with Crippen molar-refractivity contribution in [2.75, 3.05) is 26.2 Å². The van der Waals surface area contributed by atoms with E-state index < -0.39 is 0 Å². The van der Waals surface area contributed by atoms with Gasteiger partial charge >= 0.3 is 0 Å². The van der Waals surface area contributed by atoms with Crippen molar-refractivity contribution in [3.05, 3.63) is 0 Å². The van der Waals surface area contributed by atoms with E-state index >= 15 is 0 Å². The molecule has 16 heavy (non-hydrogen) atoms. The molecule has 3 aliphatic rings. The lowest BCUT2D eigenvalue weighted by molar-refractivity contribution is 0.0256. The van der Waals surface area contributed by atoms with Gasteiger partial charge in [-0.3, -0.25) is 9.80 Å². The maximum Gasteiger partial charge on any atom is 0.0555 e. The van der Waals surface area contributed by atoms with Crippen molar-refractivity contribution in [2.45, 2.75) is 56.7 Å². The van der Waals surface area contributed by atoms with Crippen molar-refractivity contribution in [2.24, 2.45) is 0 Å². The second-order valence-electron chi connectivity index (χ2n) is 5.80. The van der Waals surface area contributed by atoms with Gasteiger partial charge < -0.3 is 5.11 Å². The summed E-state index contributed by atoms with van der Waals surface area (Å²) in [6.45, 7) is 5.08. The summed E-state index contributed by atoms with van der Waals surface area (Å²) in [7, 11) is 0. The van der Waals surface area contributed by atoms with Crippen LogP contribution in [0.25, 0.3) is 0 Å². The molecule has 3 heteroatoms. The van der Waals surface area contributed by atoms with E-state index in [1.807, 2.05) is 0 Å². The standard InChI is InChI=1S/C13H24N2O/c16-13-5-4-11(9-13)15-8-7-14-6-2-1-3-12(14)10-15/h11-13,16H,1-10H2. The van der Waals surface area contributed by atoms with Crippen LogP contribution in [0.5, 0.6) is 0 Å². The minimum Gasteiger partial charge on any atom is -0.393 e. The summed E-state index contributed by atoms with van der Waals surface area (Å²) in [5.41, 5.74) is 0. The fraction of sp³-hybridized carbons (Fsp3) is 1.00. The molecule has 2 heterocycles. The summed E-state index contributed by atoms with van der Waals surface area (Å²) in [4.78, 5) is 5.34. The van der Waals surface area contributed by atoms with Crippen LogP contribution in [0.15, 0.2) is 0 Å². The van der Waals surface area contributed by atoms with Gasteiger partial charge in [0, 0.05) is 31.7 Å². The number of rotatable bonds is 1. The van der Waals surface area contributed by atoms with E-state index in [0.717, 1.165) is 18.9 Å². The predicted molar refractivity (Wildman–Crippen MR) is 64.4 cm³/mol. The average Bonchev–Trinajstić information content (AvgIpc) is 2.75. The highest BCUT2D eigenvalue weighted by molar-refractivity contribution is 4.90. The molecule has 0 bridgehead atoms. The number of hydrogen-bond donors (Lipinski definition) is 1. The molecule has 2 saturated heterocycles. The van der Waals surface area contributed by atoms with Gasteiger partial charge in [-0.2, -0.15) is 0 Å². The highest BCUT2D eigenvalue weighted by Crippen LogP contribution is 2.28. The summed E-state index contributed by atoms with van der Waals surface area (Å²) in [6.07, 6.45) is 7.46. The zero-order valence-corrected chi connectivity index (χ0v) is 10.1. The number of piperazine rings is 1. The Kier molecular flexibility index (Phi) is 3.18. The third kappa shape index (κ3) is 2.13. The second kappa shape index (κ2) is 4.63. The molecule has 3 atom stereocenters. The zero-order chi connectivity index (χ0) is 11.0. The Hall–Kier alpha value is -0.120. The Morgan fingerprint density at radius 2 is 1.69 bits per heavy atom. The van der Waals surface area contributed by atoms with Crippen molar-refractivity contribution in [1.82, 2.24) is 9.80 Å². The van der Waals surface area contributed by atoms with E-state index in [1.54, 1.807) is 0 Å². The maximum absolute atomic E-state index is 9.63. The minimum atomic E-state index is -0.0191. The lowest BCUT2D eigenvalue weighted by Crippen LogP contribution is -2.56. The Morgan fingerprint density at radius 3 is 2.50 bits per heavy atom. The number of aliphatic hydroxyl groups excluding tert-OH is 1. The van der Waals surface area contributed by atoms with Crippen LogP contribution in [0.2, 0.25) is 0 Å². The summed E-state index contributed by atoms with van der Waals surface area (Å²) < 4.78 is 0. The molecule has 2 aliphatic heterocycles. The van der Waals surface area contributed by atoms with Gasteiger partial charge in [-0.05, 0) is 38.6 Å². The van der Waals surface area contributed by atoms with Crippen LogP contribution < -0.4 is 0 Å². The predicted octanol–water partition coefficient (Wildman–Crippen LogP) is 1.07. The lowest BCUT2D eigenvalue weighted by Gasteiger charge is -2.46. The molecular weight excluding hydrogens is 200 g/mol. The fourth-order valence-corrected chi connectivity index (χ4v) is 3.78. The van der Waals surface area contributed by atoms with Crippen LogP contribution in [0.3, 0.4) is 0 Å². The topological polar surface area (TPSA) is 26.7 Å². The number of nitrogens with zero attached hydrogens (tertiary/aromatic N) is 2. The molecule has 0 spiro atoms. The normalized spacial score (nSPS) is 42.2. The molecule has 1 saturated carbocycles. The monoisotopic (exact) mass is 224 g/mol. The molecule has 3 fully saturated rings. The van der Waals surface area contributed by atoms with E-state index in [-0.39, 0.29) is 6.10 Å². The molecule has 0 amide bonds. The van der Waals surface area contributed by atoms with Crippen LogP contribution in [0.4, 0.5) is 0 Å². The highest BCUT2D eigenvalue weighted by Gasteiger charge is 2.34. The quantitative estimate of drug-likeness (QED) is 0.722. The fourth-order valence-electron chi connectivity index (χ4n) is 3.78. The number of fused-ring (bicyclic) bond motifs is 1. The van der Waals surface area contributed by atoms with Gasteiger partial charge in [0.15, 0.2) is 0 Å². The van der Waals surface area contributed by atoms with Gasteiger partial charge in [-0.25, -0.2) is 0 Å². The molecule has 0 aromatic heterocycles. The molecule has 3 nitrogen and oxygen atoms in total. The van der Waals surface area contributed by atoms with Crippen LogP contribution in [0.1, 0.15) is 38.5 Å². The molecule has 0 aromatic rings. The van der Waals surface area contributed by atoms with E-state index in [9.17, 15) is 5.11 Å². The summed E-state index contributed by atoms with van der Waals surface area (Å²) in [6, 6.07) is 1.50. The maximum atomic E-state index is 9.63. The van der Waals surface area contributed by atoms with Gasteiger partial charge in [0.1, 0.15) is 0 Å². The largest absolute Gasteiger partial charge is 0.393 e. The molecule has 3 unspecified atom stereocenters. The van der Waals surface area contributed by atoms with E-state index in [0.29, 0.717) is 6.04 Å². The molecule has 0 radical (unpaired) electrons. The molecule has 0 aromatic carbocycles. The Labute approximate surface area is 98.4 Å². The Balaban J connectivity index is 1.58. The molecule has 92 valence electrons. The van der Waals surface area contributed by atoms with Crippen LogP contribution in [0, 0.1) is 0 Å². The van der Waals surface area contributed by atoms with E-state index in [1.165, 1.54) is 51.9 Å². The lowest BCUT2D eigenvalue weighted by atomic mass is 9.98. The summed E-state index contributed by atoms with van der Waals surface area (Å²) >= 11 is 0. The van der Waals surface area contributed by atoms with Crippen molar-refractivity contribution in [3.8, 4) is 0 Å². The number of hydrogen-bond acceptors (Lipinski definition) is 3. The van der Waals surface area contributed by atoms with Gasteiger partial charge in [0.25, 0.3) is 0 Å². The summed E-state index contributed by atoms with van der Waals surface area (Å²) in [5, 5.41) is 9.63. The minimum absolute atomic E-state index is 0.0191. The van der Waals surface area contributed by atoms with Gasteiger partial charge in [-0.15, -0.1) is 0 Å². The zero-order valence-electron chi connectivity index (χ0n) is 10.1. The van der Waals surface area contributed by atoms with Gasteiger partial charge in [0.2, 0.25) is 0 Å².